The van der Waals surface area contributed by atoms with Crippen LogP contribution >= 0.6 is 0 Å². The molecule has 2 atom stereocenters. The van der Waals surface area contributed by atoms with Crippen LogP contribution in [-0.4, -0.2) is 56.8 Å². The maximum Gasteiger partial charge on any atom is 0.411 e. The van der Waals surface area contributed by atoms with E-state index in [1.807, 2.05) is 27.7 Å². The number of hydrogen-bond acceptors (Lipinski definition) is 4. The Morgan fingerprint density at radius 1 is 1.17 bits per heavy atom. The molecular weight excluding hydrogens is 310 g/mol. The summed E-state index contributed by atoms with van der Waals surface area (Å²) in [5, 5.41) is 0.144. The van der Waals surface area contributed by atoms with Crippen LogP contribution in [0.3, 0.4) is 0 Å². The van der Waals surface area contributed by atoms with Gasteiger partial charge in [0.25, 0.3) is 0 Å². The summed E-state index contributed by atoms with van der Waals surface area (Å²) >= 11 is 0. The molecule has 0 aromatic heterocycles. The molecule has 1 rings (SSSR count). The molecule has 136 valence electrons. The Bertz CT molecular complexity index is 412. The summed E-state index contributed by atoms with van der Waals surface area (Å²) in [6.07, 6.45) is -0.280. The van der Waals surface area contributed by atoms with Crippen molar-refractivity contribution in [2.75, 3.05) is 19.8 Å². The first kappa shape index (κ1) is 20.5. The molecule has 5 nitrogen and oxygen atoms in total. The summed E-state index contributed by atoms with van der Waals surface area (Å²) in [5.41, 5.74) is -0.500. The second kappa shape index (κ2) is 7.11. The lowest BCUT2D eigenvalue weighted by molar-refractivity contribution is -0.0665. The normalized spacial score (nSPS) is 23.8. The molecule has 0 radical (unpaired) electrons. The number of morpholine rings is 1. The van der Waals surface area contributed by atoms with Gasteiger partial charge in [-0.15, -0.1) is 0 Å². The van der Waals surface area contributed by atoms with Crippen LogP contribution in [0.25, 0.3) is 0 Å². The van der Waals surface area contributed by atoms with E-state index in [2.05, 4.69) is 33.9 Å². The smallest absolute Gasteiger partial charge is 0.411 e. The van der Waals surface area contributed by atoms with Crippen LogP contribution in [-0.2, 0) is 13.9 Å². The minimum atomic E-state index is -1.86. The van der Waals surface area contributed by atoms with Gasteiger partial charge in [0.05, 0.1) is 31.9 Å². The van der Waals surface area contributed by atoms with E-state index < -0.39 is 13.9 Å². The lowest BCUT2D eigenvalue weighted by Crippen LogP contribution is -2.57. The summed E-state index contributed by atoms with van der Waals surface area (Å²) in [4.78, 5) is 14.4. The van der Waals surface area contributed by atoms with Crippen molar-refractivity contribution in [2.24, 2.45) is 0 Å². The number of carbonyl (C=O) groups excluding carboxylic acids is 1. The van der Waals surface area contributed by atoms with Crippen molar-refractivity contribution in [3.63, 3.8) is 0 Å². The topological polar surface area (TPSA) is 48.0 Å². The molecule has 1 amide bonds. The van der Waals surface area contributed by atoms with Gasteiger partial charge in [-0.1, -0.05) is 20.8 Å². The highest BCUT2D eigenvalue weighted by Gasteiger charge is 2.40. The predicted octanol–water partition coefficient (Wildman–Crippen LogP) is 4.03. The van der Waals surface area contributed by atoms with Gasteiger partial charge in [0, 0.05) is 0 Å². The molecule has 1 aliphatic heterocycles. The maximum atomic E-state index is 12.6. The van der Waals surface area contributed by atoms with Crippen LogP contribution < -0.4 is 0 Å². The summed E-state index contributed by atoms with van der Waals surface area (Å²) < 4.78 is 17.5. The van der Waals surface area contributed by atoms with Gasteiger partial charge in [-0.3, -0.25) is 4.90 Å². The van der Waals surface area contributed by atoms with E-state index in [0.29, 0.717) is 19.8 Å². The molecule has 23 heavy (non-hydrogen) atoms. The molecule has 6 heteroatoms. The summed E-state index contributed by atoms with van der Waals surface area (Å²) in [6.45, 7) is 20.3. The van der Waals surface area contributed by atoms with Crippen molar-refractivity contribution < 1.29 is 18.7 Å². The third kappa shape index (κ3) is 5.76. The van der Waals surface area contributed by atoms with E-state index in [1.165, 1.54) is 0 Å². The zero-order valence-corrected chi connectivity index (χ0v) is 17.4. The van der Waals surface area contributed by atoms with Crippen molar-refractivity contribution in [3.8, 4) is 0 Å². The maximum absolute atomic E-state index is 12.6. The molecule has 0 aliphatic carbocycles. The van der Waals surface area contributed by atoms with E-state index >= 15 is 0 Å². The average molecular weight is 346 g/mol. The van der Waals surface area contributed by atoms with Crippen molar-refractivity contribution in [1.82, 2.24) is 4.90 Å². The number of carbonyl (C=O) groups is 1. The molecular formula is C17H35NO4Si. The number of hydrogen-bond donors (Lipinski definition) is 0. The van der Waals surface area contributed by atoms with Gasteiger partial charge >= 0.3 is 6.09 Å². The second-order valence-corrected chi connectivity index (χ2v) is 13.8. The third-order valence-corrected chi connectivity index (χ3v) is 9.09. The van der Waals surface area contributed by atoms with E-state index in [4.69, 9.17) is 13.9 Å². The Morgan fingerprint density at radius 3 is 2.22 bits per heavy atom. The number of ether oxygens (including phenoxy) is 2. The minimum absolute atomic E-state index is 0.00776. The molecule has 0 N–H and O–H groups in total. The number of amides is 1. The fraction of sp³-hybridized carbons (Fsp3) is 0.941. The largest absolute Gasteiger partial charge is 0.444 e. The molecule has 1 heterocycles. The van der Waals surface area contributed by atoms with Gasteiger partial charge in [-0.2, -0.15) is 0 Å². The fourth-order valence-electron chi connectivity index (χ4n) is 2.19. The van der Waals surface area contributed by atoms with Gasteiger partial charge in [-0.05, 0) is 45.8 Å². The van der Waals surface area contributed by atoms with Crippen molar-refractivity contribution in [1.29, 1.82) is 0 Å². The van der Waals surface area contributed by atoms with Crippen LogP contribution in [0.5, 0.6) is 0 Å². The Morgan fingerprint density at radius 2 is 1.74 bits per heavy atom. The molecule has 0 aromatic rings. The zero-order valence-electron chi connectivity index (χ0n) is 16.4. The first-order valence-corrected chi connectivity index (χ1v) is 11.4. The number of nitrogens with zero attached hydrogens (tertiary/aromatic N) is 1. The molecule has 0 unspecified atom stereocenters. The number of rotatable bonds is 3. The zero-order chi connectivity index (χ0) is 18.1. The third-order valence-electron chi connectivity index (χ3n) is 4.58. The minimum Gasteiger partial charge on any atom is -0.444 e. The molecule has 0 aromatic carbocycles. The lowest BCUT2D eigenvalue weighted by atomic mass is 10.1. The predicted molar refractivity (Wildman–Crippen MR) is 95.3 cm³/mol. The average Bonchev–Trinajstić information content (AvgIpc) is 2.32. The Kier molecular flexibility index (Phi) is 6.32. The first-order valence-electron chi connectivity index (χ1n) is 8.47. The Balaban J connectivity index is 2.80. The Hall–Kier alpha value is -0.593. The molecule has 1 fully saturated rings. The van der Waals surface area contributed by atoms with Crippen LogP contribution in [0.15, 0.2) is 0 Å². The van der Waals surface area contributed by atoms with Crippen LogP contribution in [0.4, 0.5) is 4.79 Å². The first-order chi connectivity index (χ1) is 10.2. The second-order valence-electron chi connectivity index (χ2n) is 9.00. The highest BCUT2D eigenvalue weighted by molar-refractivity contribution is 6.74. The molecule has 1 saturated heterocycles. The van der Waals surface area contributed by atoms with Gasteiger partial charge in [0.15, 0.2) is 8.32 Å². The Labute approximate surface area is 142 Å². The van der Waals surface area contributed by atoms with Gasteiger partial charge in [0.1, 0.15) is 5.60 Å². The van der Waals surface area contributed by atoms with Crippen LogP contribution in [0, 0.1) is 0 Å². The van der Waals surface area contributed by atoms with E-state index in [0.717, 1.165) is 0 Å². The summed E-state index contributed by atoms with van der Waals surface area (Å²) in [5.74, 6) is 0. The SMILES string of the molecule is C[C@@H]1COC[C@H](CO[Si](C)(C)C(C)(C)C)N1C(=O)OC(C)(C)C. The van der Waals surface area contributed by atoms with Crippen LogP contribution in [0.1, 0.15) is 48.5 Å². The summed E-state index contributed by atoms with van der Waals surface area (Å²) in [7, 11) is -1.86. The van der Waals surface area contributed by atoms with Gasteiger partial charge in [0.2, 0.25) is 0 Å². The van der Waals surface area contributed by atoms with Crippen molar-refractivity contribution in [2.45, 2.75) is 84.3 Å². The molecule has 0 bridgehead atoms. The highest BCUT2D eigenvalue weighted by Crippen LogP contribution is 2.36. The van der Waals surface area contributed by atoms with Gasteiger partial charge < -0.3 is 13.9 Å². The summed E-state index contributed by atoms with van der Waals surface area (Å²) in [6, 6.07) is -0.102. The quantitative estimate of drug-likeness (QED) is 0.725. The highest BCUT2D eigenvalue weighted by atomic mass is 28.4. The molecule has 0 saturated carbocycles. The van der Waals surface area contributed by atoms with E-state index in [1.54, 1.807) is 4.90 Å². The fourth-order valence-corrected chi connectivity index (χ4v) is 3.23. The monoisotopic (exact) mass is 345 g/mol. The van der Waals surface area contributed by atoms with Crippen molar-refractivity contribution in [3.05, 3.63) is 0 Å². The lowest BCUT2D eigenvalue weighted by Gasteiger charge is -2.43. The molecule has 0 spiro atoms. The van der Waals surface area contributed by atoms with E-state index in [-0.39, 0.29) is 23.2 Å². The standard InChI is InChI=1S/C17H35NO4Si/c1-13-10-20-11-14(12-21-23(8,9)17(5,6)7)18(13)15(19)22-16(2,3)4/h13-14H,10-12H2,1-9H3/t13-,14-/m1/s1. The van der Waals surface area contributed by atoms with Crippen LogP contribution in [0.2, 0.25) is 18.1 Å². The molecule has 1 aliphatic rings. The van der Waals surface area contributed by atoms with E-state index in [9.17, 15) is 4.79 Å². The van der Waals surface area contributed by atoms with Crippen molar-refractivity contribution >= 4 is 14.4 Å². The van der Waals surface area contributed by atoms with Gasteiger partial charge in [-0.25, -0.2) is 4.79 Å².